The van der Waals surface area contributed by atoms with Gasteiger partial charge in [0.15, 0.2) is 0 Å². The molecule has 20 heavy (non-hydrogen) atoms. The van der Waals surface area contributed by atoms with Crippen LogP contribution in [-0.2, 0) is 0 Å². The summed E-state index contributed by atoms with van der Waals surface area (Å²) >= 11 is 0. The van der Waals surface area contributed by atoms with E-state index in [2.05, 4.69) is 9.97 Å². The summed E-state index contributed by atoms with van der Waals surface area (Å²) < 4.78 is 0. The third-order valence-corrected chi connectivity index (χ3v) is 3.60. The standard InChI is InChI=1S/C14H15N3O3/c18-12-10-5-4-9(13(19)20)8-11(10)15-14(16-12)17-6-2-1-3-7-17/h4-5,8H,1-3,6-7H2,(H,19,20)(H,15,16,18). The highest BCUT2D eigenvalue weighted by molar-refractivity contribution is 5.93. The number of nitrogens with one attached hydrogen (secondary N) is 1. The Labute approximate surface area is 115 Å². The van der Waals surface area contributed by atoms with Gasteiger partial charge in [0, 0.05) is 13.1 Å². The molecule has 0 radical (unpaired) electrons. The number of anilines is 1. The first-order valence-electron chi connectivity index (χ1n) is 6.67. The van der Waals surface area contributed by atoms with Crippen molar-refractivity contribution in [1.82, 2.24) is 9.97 Å². The number of rotatable bonds is 2. The summed E-state index contributed by atoms with van der Waals surface area (Å²) in [6.45, 7) is 1.74. The molecular weight excluding hydrogens is 258 g/mol. The Morgan fingerprint density at radius 1 is 1.25 bits per heavy atom. The van der Waals surface area contributed by atoms with E-state index >= 15 is 0 Å². The van der Waals surface area contributed by atoms with Crippen molar-refractivity contribution in [3.63, 3.8) is 0 Å². The average molecular weight is 273 g/mol. The van der Waals surface area contributed by atoms with Gasteiger partial charge >= 0.3 is 5.97 Å². The minimum Gasteiger partial charge on any atom is -0.478 e. The summed E-state index contributed by atoms with van der Waals surface area (Å²) in [5, 5.41) is 9.42. The number of H-pyrrole nitrogens is 1. The van der Waals surface area contributed by atoms with E-state index in [1.807, 2.05) is 4.90 Å². The fourth-order valence-electron chi connectivity index (χ4n) is 2.52. The third-order valence-electron chi connectivity index (χ3n) is 3.60. The van der Waals surface area contributed by atoms with E-state index in [1.165, 1.54) is 24.6 Å². The van der Waals surface area contributed by atoms with E-state index in [1.54, 1.807) is 0 Å². The Morgan fingerprint density at radius 2 is 2.00 bits per heavy atom. The van der Waals surface area contributed by atoms with Crippen LogP contribution in [0.2, 0.25) is 0 Å². The van der Waals surface area contributed by atoms with Crippen LogP contribution < -0.4 is 10.5 Å². The Morgan fingerprint density at radius 3 is 2.70 bits per heavy atom. The molecule has 104 valence electrons. The zero-order valence-electron chi connectivity index (χ0n) is 10.9. The fourth-order valence-corrected chi connectivity index (χ4v) is 2.52. The molecule has 1 fully saturated rings. The van der Waals surface area contributed by atoms with Crippen molar-refractivity contribution in [2.24, 2.45) is 0 Å². The van der Waals surface area contributed by atoms with Crippen LogP contribution in [0.25, 0.3) is 10.9 Å². The number of benzene rings is 1. The summed E-state index contributed by atoms with van der Waals surface area (Å²) in [5.74, 6) is -0.488. The molecule has 0 unspecified atom stereocenters. The third kappa shape index (κ3) is 2.24. The number of hydrogen-bond donors (Lipinski definition) is 2. The number of aromatic amines is 1. The lowest BCUT2D eigenvalue weighted by atomic mass is 10.1. The van der Waals surface area contributed by atoms with Crippen LogP contribution in [0.4, 0.5) is 5.95 Å². The van der Waals surface area contributed by atoms with Crippen molar-refractivity contribution >= 4 is 22.8 Å². The van der Waals surface area contributed by atoms with Crippen molar-refractivity contribution in [1.29, 1.82) is 0 Å². The van der Waals surface area contributed by atoms with Crippen LogP contribution in [0.15, 0.2) is 23.0 Å². The van der Waals surface area contributed by atoms with Crippen LogP contribution in [0, 0.1) is 0 Å². The molecule has 1 aliphatic heterocycles. The van der Waals surface area contributed by atoms with Gasteiger partial charge in [0.25, 0.3) is 5.56 Å². The lowest BCUT2D eigenvalue weighted by Crippen LogP contribution is -2.32. The quantitative estimate of drug-likeness (QED) is 0.868. The minimum atomic E-state index is -1.02. The van der Waals surface area contributed by atoms with Gasteiger partial charge in [0.05, 0.1) is 16.5 Å². The highest BCUT2D eigenvalue weighted by atomic mass is 16.4. The van der Waals surface area contributed by atoms with E-state index in [4.69, 9.17) is 5.11 Å². The highest BCUT2D eigenvalue weighted by Crippen LogP contribution is 2.17. The largest absolute Gasteiger partial charge is 0.478 e. The predicted molar refractivity (Wildman–Crippen MR) is 75.4 cm³/mol. The Bertz CT molecular complexity index is 717. The summed E-state index contributed by atoms with van der Waals surface area (Å²) in [7, 11) is 0. The topological polar surface area (TPSA) is 86.3 Å². The molecule has 2 aromatic rings. The van der Waals surface area contributed by atoms with Crippen molar-refractivity contribution in [2.45, 2.75) is 19.3 Å². The van der Waals surface area contributed by atoms with Gasteiger partial charge in [-0.1, -0.05) is 0 Å². The van der Waals surface area contributed by atoms with Gasteiger partial charge in [-0.15, -0.1) is 0 Å². The minimum absolute atomic E-state index is 0.139. The number of aromatic nitrogens is 2. The van der Waals surface area contributed by atoms with Gasteiger partial charge < -0.3 is 10.0 Å². The molecule has 1 saturated heterocycles. The van der Waals surface area contributed by atoms with Crippen molar-refractivity contribution in [3.8, 4) is 0 Å². The van der Waals surface area contributed by atoms with Gasteiger partial charge in [-0.25, -0.2) is 9.78 Å². The van der Waals surface area contributed by atoms with E-state index in [9.17, 15) is 9.59 Å². The molecule has 6 nitrogen and oxygen atoms in total. The van der Waals surface area contributed by atoms with Crippen molar-refractivity contribution in [3.05, 3.63) is 34.1 Å². The predicted octanol–water partition coefficient (Wildman–Crippen LogP) is 1.61. The number of piperidine rings is 1. The van der Waals surface area contributed by atoms with Gasteiger partial charge in [-0.3, -0.25) is 9.78 Å². The normalized spacial score (nSPS) is 15.5. The molecule has 6 heteroatoms. The number of carbonyl (C=O) groups is 1. The zero-order valence-corrected chi connectivity index (χ0v) is 10.9. The monoisotopic (exact) mass is 273 g/mol. The van der Waals surface area contributed by atoms with Gasteiger partial charge in [-0.2, -0.15) is 0 Å². The molecule has 2 heterocycles. The first kappa shape index (κ1) is 12.7. The molecule has 3 rings (SSSR count). The van der Waals surface area contributed by atoms with Crippen LogP contribution in [0.1, 0.15) is 29.6 Å². The molecule has 1 aliphatic rings. The zero-order chi connectivity index (χ0) is 14.1. The molecule has 1 aromatic carbocycles. The number of carboxylic acids is 1. The Balaban J connectivity index is 2.10. The molecule has 2 N–H and O–H groups in total. The van der Waals surface area contributed by atoms with Gasteiger partial charge in [0.1, 0.15) is 0 Å². The Hall–Kier alpha value is -2.37. The fraction of sp³-hybridized carbons (Fsp3) is 0.357. The maximum atomic E-state index is 12.1. The van der Waals surface area contributed by atoms with E-state index in [0.29, 0.717) is 16.9 Å². The second kappa shape index (κ2) is 4.96. The van der Waals surface area contributed by atoms with E-state index in [0.717, 1.165) is 25.9 Å². The number of fused-ring (bicyclic) bond motifs is 1. The number of carboxylic acid groups (broad SMARTS) is 1. The molecule has 0 saturated carbocycles. The van der Waals surface area contributed by atoms with Crippen molar-refractivity contribution < 1.29 is 9.90 Å². The molecule has 0 aliphatic carbocycles. The first-order chi connectivity index (χ1) is 9.65. The van der Waals surface area contributed by atoms with Gasteiger partial charge in [0.2, 0.25) is 5.95 Å². The van der Waals surface area contributed by atoms with Crippen LogP contribution in [0.3, 0.4) is 0 Å². The molecule has 0 amide bonds. The van der Waals surface area contributed by atoms with Crippen molar-refractivity contribution in [2.75, 3.05) is 18.0 Å². The molecule has 0 spiro atoms. The lowest BCUT2D eigenvalue weighted by molar-refractivity contribution is 0.0697. The van der Waals surface area contributed by atoms with E-state index < -0.39 is 5.97 Å². The molecule has 0 atom stereocenters. The number of nitrogens with zero attached hydrogens (tertiary/aromatic N) is 2. The lowest BCUT2D eigenvalue weighted by Gasteiger charge is -2.27. The molecule has 1 aromatic heterocycles. The van der Waals surface area contributed by atoms with Crippen LogP contribution in [0.5, 0.6) is 0 Å². The SMILES string of the molecule is O=C(O)c1ccc2c(=O)[nH]c(N3CCCCC3)nc2c1. The second-order valence-electron chi connectivity index (χ2n) is 4.97. The maximum Gasteiger partial charge on any atom is 0.335 e. The van der Waals surface area contributed by atoms with Gasteiger partial charge in [-0.05, 0) is 37.5 Å². The summed E-state index contributed by atoms with van der Waals surface area (Å²) in [6, 6.07) is 4.37. The van der Waals surface area contributed by atoms with E-state index in [-0.39, 0.29) is 11.1 Å². The highest BCUT2D eigenvalue weighted by Gasteiger charge is 2.15. The van der Waals surface area contributed by atoms with Crippen LogP contribution in [-0.4, -0.2) is 34.1 Å². The maximum absolute atomic E-state index is 12.1. The first-order valence-corrected chi connectivity index (χ1v) is 6.67. The smallest absolute Gasteiger partial charge is 0.335 e. The molecule has 0 bridgehead atoms. The number of hydrogen-bond acceptors (Lipinski definition) is 4. The summed E-state index contributed by atoms with van der Waals surface area (Å²) in [4.78, 5) is 32.3. The second-order valence-corrected chi connectivity index (χ2v) is 4.97. The van der Waals surface area contributed by atoms with Crippen LogP contribution >= 0.6 is 0 Å². The molecular formula is C14H15N3O3. The summed E-state index contributed by atoms with van der Waals surface area (Å²) in [5.41, 5.74) is 0.335. The Kier molecular flexibility index (Phi) is 3.14. The number of aromatic carboxylic acids is 1. The summed E-state index contributed by atoms with van der Waals surface area (Å²) in [6.07, 6.45) is 3.35. The average Bonchev–Trinajstić information content (AvgIpc) is 2.47.